The summed E-state index contributed by atoms with van der Waals surface area (Å²) in [6, 6.07) is 0. The van der Waals surface area contributed by atoms with Crippen LogP contribution < -0.4 is 24.0 Å². The van der Waals surface area contributed by atoms with Crippen molar-refractivity contribution in [2.24, 2.45) is 11.8 Å². The van der Waals surface area contributed by atoms with Gasteiger partial charge in [-0.2, -0.15) is 13.2 Å². The number of alkyl halides is 3. The predicted molar refractivity (Wildman–Crippen MR) is 57.3 cm³/mol. The third-order valence-corrected chi connectivity index (χ3v) is 7.04. The fourth-order valence-electron chi connectivity index (χ4n) is 2.66. The molecule has 2 nitrogen and oxygen atoms in total. The van der Waals surface area contributed by atoms with Crippen LogP contribution in [0.1, 0.15) is 6.42 Å². The molecule has 1 spiro atoms. The van der Waals surface area contributed by atoms with Gasteiger partial charge in [-0.15, -0.1) is 23.5 Å². The minimum absolute atomic E-state index is 0. The number of fused-ring (bicyclic) bond motifs is 2. The normalized spacial score (nSPS) is 35.4. The first kappa shape index (κ1) is 14.7. The Morgan fingerprint density at radius 1 is 1.33 bits per heavy atom. The molecule has 0 bridgehead atoms. The van der Waals surface area contributed by atoms with E-state index in [1.54, 1.807) is 0 Å². The number of carbonyl (C=O) groups is 1. The maximum absolute atomic E-state index is 12.4. The molecule has 2 aliphatic carbocycles. The Hall–Kier alpha value is 0.297. The van der Waals surface area contributed by atoms with Gasteiger partial charge >= 0.3 is 25.0 Å². The molecule has 1 saturated heterocycles. The molecule has 3 aliphatic rings. The van der Waals surface area contributed by atoms with Crippen molar-refractivity contribution in [2.45, 2.75) is 16.7 Å². The van der Waals surface area contributed by atoms with Crippen molar-refractivity contribution in [1.82, 2.24) is 0 Å². The molecule has 3 fully saturated rings. The molecule has 0 aromatic rings. The molecule has 2 atom stereocenters. The second-order valence-corrected chi connectivity index (χ2v) is 7.32. The second-order valence-electron chi connectivity index (χ2n) is 4.38. The zero-order chi connectivity index (χ0) is 12.4. The van der Waals surface area contributed by atoms with E-state index in [2.05, 4.69) is 0 Å². The van der Waals surface area contributed by atoms with Crippen LogP contribution in [0.15, 0.2) is 11.3 Å². The van der Waals surface area contributed by atoms with E-state index in [-0.39, 0.29) is 24.8 Å². The Balaban J connectivity index is 0.00000120. The number of Topliss-reactive ketones (excluding diaryl/α,β-unsaturated/α-hetero) is 1. The number of rotatable bonds is 0. The summed E-state index contributed by atoms with van der Waals surface area (Å²) >= 11 is 2.83. The van der Waals surface area contributed by atoms with Gasteiger partial charge in [0, 0.05) is 11.5 Å². The van der Waals surface area contributed by atoms with Gasteiger partial charge in [0.15, 0.2) is 5.78 Å². The number of halogens is 3. The second kappa shape index (κ2) is 4.40. The molecule has 3 rings (SSSR count). The fraction of sp³-hybridized carbons (Fsp3) is 0.700. The number of carbonyl (C=O) groups excluding carboxylic acids is 1. The van der Waals surface area contributed by atoms with Gasteiger partial charge in [0.1, 0.15) is 4.08 Å². The Labute approximate surface area is 122 Å². The third-order valence-electron chi connectivity index (χ3n) is 3.43. The van der Waals surface area contributed by atoms with Crippen molar-refractivity contribution in [1.29, 1.82) is 0 Å². The minimum Gasteiger partial charge on any atom is -0.869 e. The number of thioether (sulfide) groups is 2. The third kappa shape index (κ3) is 1.86. The van der Waals surface area contributed by atoms with Crippen LogP contribution in [0.25, 0.3) is 0 Å². The van der Waals surface area contributed by atoms with E-state index in [1.165, 1.54) is 23.5 Å². The van der Waals surface area contributed by atoms with Crippen molar-refractivity contribution in [3.63, 3.8) is 0 Å². The van der Waals surface area contributed by atoms with Gasteiger partial charge in [-0.25, -0.2) is 0 Å². The van der Waals surface area contributed by atoms with E-state index in [9.17, 15) is 23.1 Å². The monoisotopic (exact) mass is 288 g/mol. The average Bonchev–Trinajstić information content (AvgIpc) is 2.81. The SMILES string of the molecule is O=C1/C(=C(\[O-])C(F)(F)F)[C@H]2C[C@H]2C12SCCS2.[Li+]. The van der Waals surface area contributed by atoms with E-state index in [4.69, 9.17) is 0 Å². The first-order chi connectivity index (χ1) is 7.88. The van der Waals surface area contributed by atoms with Crippen LogP contribution in [0.3, 0.4) is 0 Å². The molecule has 0 aromatic heterocycles. The number of hydrogen-bond donors (Lipinski definition) is 0. The number of allylic oxidation sites excluding steroid dienone is 2. The number of ketones is 1. The van der Waals surface area contributed by atoms with Crippen LogP contribution in [-0.4, -0.2) is 27.5 Å². The zero-order valence-corrected chi connectivity index (χ0v) is 11.2. The molecule has 18 heavy (non-hydrogen) atoms. The molecule has 2 saturated carbocycles. The van der Waals surface area contributed by atoms with Gasteiger partial charge in [0.2, 0.25) is 0 Å². The summed E-state index contributed by atoms with van der Waals surface area (Å²) in [6.07, 6.45) is -4.36. The smallest absolute Gasteiger partial charge is 0.869 e. The summed E-state index contributed by atoms with van der Waals surface area (Å²) in [6.45, 7) is 0. The predicted octanol–water partition coefficient (Wildman–Crippen LogP) is -1.44. The van der Waals surface area contributed by atoms with Gasteiger partial charge in [0.05, 0.1) is 0 Å². The molecule has 8 heteroatoms. The summed E-state index contributed by atoms with van der Waals surface area (Å²) < 4.78 is 36.5. The maximum atomic E-state index is 12.4. The molecule has 0 radical (unpaired) electrons. The summed E-state index contributed by atoms with van der Waals surface area (Å²) in [5.41, 5.74) is -0.482. The number of hydrogen-bond acceptors (Lipinski definition) is 4. The van der Waals surface area contributed by atoms with Crippen LogP contribution in [-0.2, 0) is 4.79 Å². The Bertz CT molecular complexity index is 429. The average molecular weight is 288 g/mol. The van der Waals surface area contributed by atoms with Crippen LogP contribution in [0, 0.1) is 11.8 Å². The largest absolute Gasteiger partial charge is 1.00 e. The van der Waals surface area contributed by atoms with Crippen molar-refractivity contribution in [3.8, 4) is 0 Å². The molecule has 0 N–H and O–H groups in total. The minimum atomic E-state index is -4.92. The molecule has 0 amide bonds. The van der Waals surface area contributed by atoms with E-state index in [0.717, 1.165) is 11.5 Å². The Morgan fingerprint density at radius 2 is 1.89 bits per heavy atom. The van der Waals surface area contributed by atoms with Crippen LogP contribution in [0.5, 0.6) is 0 Å². The van der Waals surface area contributed by atoms with E-state index < -0.39 is 33.3 Å². The van der Waals surface area contributed by atoms with E-state index in [1.807, 2.05) is 0 Å². The maximum Gasteiger partial charge on any atom is 1.00 e. The standard InChI is InChI=1S/C10H9F3O2S2.Li/c11-10(12,13)8(15)6-4-3-5(4)9(7(6)14)16-1-2-17-9;/h4-5,15H,1-3H2;/q;+1/p-1/b8-6-;/t4-,5+;/m0./s1. The topological polar surface area (TPSA) is 40.1 Å². The van der Waals surface area contributed by atoms with E-state index in [0.29, 0.717) is 6.42 Å². The first-order valence-corrected chi connectivity index (χ1v) is 7.16. The Morgan fingerprint density at radius 3 is 2.39 bits per heavy atom. The summed E-state index contributed by atoms with van der Waals surface area (Å²) in [5, 5.41) is 11.3. The summed E-state index contributed by atoms with van der Waals surface area (Å²) in [7, 11) is 0. The van der Waals surface area contributed by atoms with Gasteiger partial charge in [-0.3, -0.25) is 4.79 Å². The van der Waals surface area contributed by atoms with Gasteiger partial charge in [-0.1, -0.05) is 0 Å². The van der Waals surface area contributed by atoms with E-state index >= 15 is 0 Å². The molecule has 0 aromatic carbocycles. The molecule has 0 unspecified atom stereocenters. The van der Waals surface area contributed by atoms with Crippen LogP contribution in [0.2, 0.25) is 0 Å². The molecule has 1 heterocycles. The van der Waals surface area contributed by atoms with Crippen LogP contribution in [0.4, 0.5) is 13.2 Å². The summed E-state index contributed by atoms with van der Waals surface area (Å²) in [4.78, 5) is 12.1. The van der Waals surface area contributed by atoms with Gasteiger partial charge in [-0.05, 0) is 29.6 Å². The van der Waals surface area contributed by atoms with Gasteiger partial charge in [0.25, 0.3) is 0 Å². The van der Waals surface area contributed by atoms with Crippen molar-refractivity contribution >= 4 is 29.3 Å². The fourth-order valence-corrected chi connectivity index (χ4v) is 6.19. The molecule has 1 aliphatic heterocycles. The summed E-state index contributed by atoms with van der Waals surface area (Å²) in [5.74, 6) is -1.42. The molecule has 94 valence electrons. The first-order valence-electron chi connectivity index (χ1n) is 5.19. The quantitative estimate of drug-likeness (QED) is 0.311. The van der Waals surface area contributed by atoms with Crippen molar-refractivity contribution < 1.29 is 41.9 Å². The Kier molecular flexibility index (Phi) is 3.60. The van der Waals surface area contributed by atoms with Gasteiger partial charge < -0.3 is 5.11 Å². The van der Waals surface area contributed by atoms with Crippen molar-refractivity contribution in [3.05, 3.63) is 11.3 Å². The zero-order valence-electron chi connectivity index (χ0n) is 9.54. The van der Waals surface area contributed by atoms with Crippen molar-refractivity contribution in [2.75, 3.05) is 11.5 Å². The molecular formula is C10H8F3LiO2S2. The molecular weight excluding hydrogens is 280 g/mol. The van der Waals surface area contributed by atoms with Crippen LogP contribution >= 0.6 is 23.5 Å².